The molecule has 1 saturated heterocycles. The van der Waals surface area contributed by atoms with Crippen LogP contribution in [0.5, 0.6) is 0 Å². The maximum absolute atomic E-state index is 6.54. The molecule has 2 aliphatic rings. The zero-order valence-corrected chi connectivity index (χ0v) is 22.1. The summed E-state index contributed by atoms with van der Waals surface area (Å²) in [6.07, 6.45) is 14.6. The highest BCUT2D eigenvalue weighted by Crippen LogP contribution is 2.43. The summed E-state index contributed by atoms with van der Waals surface area (Å²) < 4.78 is 0.795. The predicted molar refractivity (Wildman–Crippen MR) is 138 cm³/mol. The summed E-state index contributed by atoms with van der Waals surface area (Å²) in [7, 11) is 1.76. The van der Waals surface area contributed by atoms with Crippen molar-refractivity contribution in [3.05, 3.63) is 28.5 Å². The van der Waals surface area contributed by atoms with E-state index in [0.717, 1.165) is 23.4 Å². The van der Waals surface area contributed by atoms with Gasteiger partial charge in [0.05, 0.1) is 19.2 Å². The number of allylic oxidation sites excluding steroid dienone is 1. The Kier molecular flexibility index (Phi) is 7.04. The summed E-state index contributed by atoms with van der Waals surface area (Å²) in [6.45, 7) is 12.8. The summed E-state index contributed by atoms with van der Waals surface area (Å²) in [5.41, 5.74) is 4.45. The summed E-state index contributed by atoms with van der Waals surface area (Å²) in [6, 6.07) is 2.13. The molecular formula is C25H43ClN3S+. The molecule has 0 aromatic carbocycles. The van der Waals surface area contributed by atoms with Gasteiger partial charge in [-0.2, -0.15) is 4.98 Å². The molecule has 1 aromatic rings. The molecule has 0 radical (unpaired) electrons. The molecule has 1 unspecified atom stereocenters. The van der Waals surface area contributed by atoms with Gasteiger partial charge < -0.3 is 0 Å². The highest BCUT2D eigenvalue weighted by Gasteiger charge is 2.37. The Morgan fingerprint density at radius 3 is 2.40 bits per heavy atom. The third kappa shape index (κ3) is 5.62. The molecule has 0 bridgehead atoms. The molecule has 170 valence electrons. The second-order valence-corrected chi connectivity index (χ2v) is 16.5. The van der Waals surface area contributed by atoms with Crippen molar-refractivity contribution in [1.29, 1.82) is 0 Å². The topological polar surface area (TPSA) is 16.1 Å². The van der Waals surface area contributed by atoms with Crippen molar-refractivity contribution in [3.63, 3.8) is 0 Å². The standard InChI is InChI=1S/C25H43ClN3S/c1-19-18-29(5,15-16-30(6,7)8)24-23(19)21(17-22(26)27-24)10-9-20-11-13-28(14-12-20)25(2,3)4/h17-18,20H,9-16H2,1-8H3/q+1. The number of likely N-dealkylation sites (tertiary alicyclic amines) is 1. The third-order valence-electron chi connectivity index (χ3n) is 6.96. The Labute approximate surface area is 191 Å². The summed E-state index contributed by atoms with van der Waals surface area (Å²) >= 11 is 6.54. The van der Waals surface area contributed by atoms with E-state index < -0.39 is 10.0 Å². The van der Waals surface area contributed by atoms with Crippen LogP contribution in [0.4, 0.5) is 5.82 Å². The van der Waals surface area contributed by atoms with Gasteiger partial charge in [0.25, 0.3) is 0 Å². The number of nitrogens with zero attached hydrogens (tertiary/aromatic N) is 3. The first-order chi connectivity index (χ1) is 13.8. The van der Waals surface area contributed by atoms with Crippen LogP contribution in [-0.4, -0.2) is 66.6 Å². The van der Waals surface area contributed by atoms with Crippen LogP contribution in [0.25, 0.3) is 5.57 Å². The minimum atomic E-state index is -0.539. The molecule has 0 saturated carbocycles. The molecule has 3 rings (SSSR count). The molecule has 5 heteroatoms. The second kappa shape index (κ2) is 8.77. The molecule has 3 heterocycles. The van der Waals surface area contributed by atoms with Gasteiger partial charge in [-0.3, -0.25) is 4.90 Å². The number of pyridine rings is 1. The monoisotopic (exact) mass is 452 g/mol. The van der Waals surface area contributed by atoms with E-state index in [2.05, 4.69) is 70.7 Å². The number of quaternary nitrogens is 1. The maximum atomic E-state index is 6.54. The van der Waals surface area contributed by atoms with Gasteiger partial charge in [-0.1, -0.05) is 11.6 Å². The minimum Gasteiger partial charge on any atom is -0.298 e. The van der Waals surface area contributed by atoms with Crippen LogP contribution in [0, 0.1) is 5.92 Å². The smallest absolute Gasteiger partial charge is 0.241 e. The van der Waals surface area contributed by atoms with E-state index in [4.69, 9.17) is 16.6 Å². The van der Waals surface area contributed by atoms with E-state index >= 15 is 0 Å². The lowest BCUT2D eigenvalue weighted by molar-refractivity contribution is 0.0855. The van der Waals surface area contributed by atoms with Crippen LogP contribution in [0.3, 0.4) is 0 Å². The molecular weight excluding hydrogens is 410 g/mol. The van der Waals surface area contributed by atoms with Crippen molar-refractivity contribution < 1.29 is 0 Å². The Morgan fingerprint density at radius 2 is 1.83 bits per heavy atom. The van der Waals surface area contributed by atoms with Crippen molar-refractivity contribution in [2.75, 3.05) is 51.2 Å². The number of halogens is 1. The van der Waals surface area contributed by atoms with Crippen LogP contribution >= 0.6 is 21.6 Å². The highest BCUT2D eigenvalue weighted by atomic mass is 35.5. The average Bonchev–Trinajstić information content (AvgIpc) is 2.88. The number of hydrogen-bond acceptors (Lipinski definition) is 2. The van der Waals surface area contributed by atoms with Gasteiger partial charge in [0.15, 0.2) is 0 Å². The van der Waals surface area contributed by atoms with Crippen molar-refractivity contribution >= 4 is 33.0 Å². The zero-order chi connectivity index (χ0) is 22.3. The largest absolute Gasteiger partial charge is 0.298 e. The summed E-state index contributed by atoms with van der Waals surface area (Å²) in [4.78, 5) is 7.47. The van der Waals surface area contributed by atoms with Gasteiger partial charge in [0.2, 0.25) is 5.82 Å². The van der Waals surface area contributed by atoms with E-state index in [-0.39, 0.29) is 0 Å². The van der Waals surface area contributed by atoms with Crippen molar-refractivity contribution in [1.82, 2.24) is 14.4 Å². The number of aryl methyl sites for hydroxylation is 1. The molecule has 3 nitrogen and oxygen atoms in total. The number of fused-ring (bicyclic) bond motifs is 1. The molecule has 1 aromatic heterocycles. The molecule has 0 N–H and O–H groups in total. The first-order valence-corrected chi connectivity index (χ1v) is 14.9. The molecule has 30 heavy (non-hydrogen) atoms. The van der Waals surface area contributed by atoms with E-state index in [9.17, 15) is 0 Å². The number of piperidine rings is 1. The van der Waals surface area contributed by atoms with Crippen LogP contribution < -0.4 is 4.48 Å². The highest BCUT2D eigenvalue weighted by molar-refractivity contribution is 8.32. The minimum absolute atomic E-state index is 0.295. The van der Waals surface area contributed by atoms with Crippen LogP contribution in [0.1, 0.15) is 58.1 Å². The van der Waals surface area contributed by atoms with E-state index in [1.54, 1.807) is 0 Å². The third-order valence-corrected chi connectivity index (χ3v) is 8.56. The zero-order valence-electron chi connectivity index (χ0n) is 20.5. The normalized spacial score (nSPS) is 24.1. The Balaban J connectivity index is 1.73. The first-order valence-electron chi connectivity index (χ1n) is 11.4. The van der Waals surface area contributed by atoms with Crippen molar-refractivity contribution in [2.45, 2.75) is 58.9 Å². The molecule has 2 aliphatic heterocycles. The fourth-order valence-electron chi connectivity index (χ4n) is 4.98. The number of hydrogen-bond donors (Lipinski definition) is 0. The quantitative estimate of drug-likeness (QED) is 0.378. The van der Waals surface area contributed by atoms with Gasteiger partial charge in [-0.25, -0.2) is 14.5 Å². The molecule has 1 atom stereocenters. The molecule has 1 fully saturated rings. The fourth-order valence-corrected chi connectivity index (χ4v) is 6.12. The van der Waals surface area contributed by atoms with Crippen molar-refractivity contribution in [3.8, 4) is 0 Å². The van der Waals surface area contributed by atoms with Crippen LogP contribution in [-0.2, 0) is 6.42 Å². The maximum Gasteiger partial charge on any atom is 0.241 e. The van der Waals surface area contributed by atoms with Gasteiger partial charge in [-0.05, 0) is 103 Å². The van der Waals surface area contributed by atoms with Gasteiger partial charge >= 0.3 is 0 Å². The number of aromatic nitrogens is 1. The lowest BCUT2D eigenvalue weighted by atomic mass is 9.87. The summed E-state index contributed by atoms with van der Waals surface area (Å²) in [5, 5.41) is 0.654. The lowest BCUT2D eigenvalue weighted by Crippen LogP contribution is -2.46. The Morgan fingerprint density at radius 1 is 1.20 bits per heavy atom. The molecule has 0 spiro atoms. The van der Waals surface area contributed by atoms with E-state index in [1.165, 1.54) is 60.6 Å². The average molecular weight is 453 g/mol. The predicted octanol–water partition coefficient (Wildman–Crippen LogP) is 6.18. The molecule has 0 aliphatic carbocycles. The van der Waals surface area contributed by atoms with E-state index in [1.807, 2.05) is 0 Å². The van der Waals surface area contributed by atoms with Crippen LogP contribution in [0.15, 0.2) is 12.3 Å². The summed E-state index contributed by atoms with van der Waals surface area (Å²) in [5.74, 6) is 3.23. The lowest BCUT2D eigenvalue weighted by Gasteiger charge is -2.41. The second-order valence-electron chi connectivity index (χ2n) is 11.5. The number of rotatable bonds is 6. The molecule has 0 amide bonds. The Bertz CT molecular complexity index is 798. The SMILES string of the molecule is CC1=C[N+](C)(CCS(C)(C)C)c2nc(Cl)cc(CCC3CCN(C(C)(C)C)CC3)c21. The van der Waals surface area contributed by atoms with Gasteiger partial charge in [-0.15, -0.1) is 0 Å². The van der Waals surface area contributed by atoms with E-state index in [0.29, 0.717) is 10.7 Å². The first kappa shape index (κ1) is 24.1. The van der Waals surface area contributed by atoms with Gasteiger partial charge in [0, 0.05) is 16.9 Å². The Hall–Kier alpha value is -0.550. The van der Waals surface area contributed by atoms with Gasteiger partial charge in [0.1, 0.15) is 11.4 Å². The fraction of sp³-hybridized carbons (Fsp3) is 0.720. The van der Waals surface area contributed by atoms with Crippen molar-refractivity contribution in [2.24, 2.45) is 5.92 Å². The van der Waals surface area contributed by atoms with Crippen LogP contribution in [0.2, 0.25) is 5.15 Å².